The average Bonchev–Trinajstić information content (AvgIpc) is 3.50. The van der Waals surface area contributed by atoms with Gasteiger partial charge in [-0.15, -0.1) is 11.3 Å². The fraction of sp³-hybridized carbons (Fsp3) is 0.433. The second-order valence-electron chi connectivity index (χ2n) is 11.1. The van der Waals surface area contributed by atoms with Gasteiger partial charge in [-0.1, -0.05) is 35.5 Å². The number of hydrogen-bond acceptors (Lipinski definition) is 7. The maximum absolute atomic E-state index is 11.3. The van der Waals surface area contributed by atoms with Crippen LogP contribution in [-0.2, 0) is 16.9 Å². The van der Waals surface area contributed by atoms with Gasteiger partial charge in [0.2, 0.25) is 0 Å². The summed E-state index contributed by atoms with van der Waals surface area (Å²) in [5.41, 5.74) is 4.17. The molecule has 0 unspecified atom stereocenters. The number of fused-ring (bicyclic) bond motifs is 1. The highest BCUT2D eigenvalue weighted by Crippen LogP contribution is 2.65. The lowest BCUT2D eigenvalue weighted by atomic mass is 9.49. The normalized spacial score (nSPS) is 27.6. The largest absolute Gasteiger partial charge is 0.383 e. The van der Waals surface area contributed by atoms with Crippen molar-refractivity contribution in [3.63, 3.8) is 0 Å². The van der Waals surface area contributed by atoms with Crippen LogP contribution < -0.4 is 0 Å². The van der Waals surface area contributed by atoms with Gasteiger partial charge in [0.1, 0.15) is 22.1 Å². The van der Waals surface area contributed by atoms with Gasteiger partial charge in [-0.2, -0.15) is 5.26 Å². The number of benzene rings is 1. The van der Waals surface area contributed by atoms with E-state index in [-0.39, 0.29) is 11.5 Å². The Morgan fingerprint density at radius 2 is 2.13 bits per heavy atom. The molecule has 3 aliphatic rings. The molecule has 38 heavy (non-hydrogen) atoms. The van der Waals surface area contributed by atoms with Crippen molar-refractivity contribution >= 4 is 38.7 Å². The van der Waals surface area contributed by atoms with Crippen molar-refractivity contribution in [3.05, 3.63) is 75.1 Å². The molecule has 0 bridgehead atoms. The molecule has 0 aliphatic heterocycles. The quantitative estimate of drug-likeness (QED) is 0.294. The van der Waals surface area contributed by atoms with E-state index in [1.807, 2.05) is 32.1 Å². The molecule has 0 amide bonds. The van der Waals surface area contributed by atoms with E-state index in [9.17, 15) is 5.11 Å². The first kappa shape index (κ1) is 25.5. The zero-order chi connectivity index (χ0) is 26.7. The highest BCUT2D eigenvalue weighted by atomic mass is 35.5. The maximum Gasteiger partial charge on any atom is 0.145 e. The van der Waals surface area contributed by atoms with Gasteiger partial charge in [0.05, 0.1) is 34.6 Å². The summed E-state index contributed by atoms with van der Waals surface area (Å²) in [6, 6.07) is 7.64. The van der Waals surface area contributed by atoms with Crippen LogP contribution in [0.25, 0.3) is 15.8 Å². The molecule has 0 saturated heterocycles. The number of allylic oxidation sites excluding steroid dienone is 5. The van der Waals surface area contributed by atoms with Crippen LogP contribution in [0.3, 0.4) is 0 Å². The number of nitriles is 1. The Hall–Kier alpha value is -2.76. The van der Waals surface area contributed by atoms with Gasteiger partial charge >= 0.3 is 0 Å². The number of halogens is 1. The summed E-state index contributed by atoms with van der Waals surface area (Å²) in [6.07, 6.45) is 9.22. The second kappa shape index (κ2) is 9.46. The molecule has 6 rings (SSSR count). The summed E-state index contributed by atoms with van der Waals surface area (Å²) >= 11 is 8.08. The van der Waals surface area contributed by atoms with Crippen LogP contribution in [0.5, 0.6) is 0 Å². The summed E-state index contributed by atoms with van der Waals surface area (Å²) in [5, 5.41) is 26.3. The standard InChI is InChI=1S/C30H30ClN3O3S/c1-4-17(3)25(22(31)5-2)26-21(27(37-34-26)19-7-8-19)14-36-20-11-29(12-20)15-30(35,16-29)28-33-23-9-6-18(13-32)10-24(23)38-28/h4-6,9-10,19-20,35H,1,7-8,11-12,14-16H2,2-3H3/b22-5+,25-17+. The van der Waals surface area contributed by atoms with Gasteiger partial charge in [-0.3, -0.25) is 0 Å². The van der Waals surface area contributed by atoms with Crippen molar-refractivity contribution in [1.29, 1.82) is 5.26 Å². The SMILES string of the molecule is C=C/C(C)=C(\C(Cl)=C/C)c1noc(C2CC2)c1COC1CC2(C1)CC(O)(c1nc3ccc(C#N)cc3s1)C2. The van der Waals surface area contributed by atoms with Crippen molar-refractivity contribution in [2.75, 3.05) is 0 Å². The minimum atomic E-state index is -0.895. The third-order valence-corrected chi connectivity index (χ3v) is 9.85. The van der Waals surface area contributed by atoms with Crippen molar-refractivity contribution in [2.45, 2.75) is 76.6 Å². The van der Waals surface area contributed by atoms with E-state index >= 15 is 0 Å². The Labute approximate surface area is 231 Å². The first-order valence-electron chi connectivity index (χ1n) is 13.1. The van der Waals surface area contributed by atoms with Gasteiger partial charge in [0, 0.05) is 22.1 Å². The number of thiazole rings is 1. The predicted molar refractivity (Wildman–Crippen MR) is 149 cm³/mol. The highest BCUT2D eigenvalue weighted by molar-refractivity contribution is 7.18. The van der Waals surface area contributed by atoms with E-state index in [1.54, 1.807) is 12.1 Å². The van der Waals surface area contributed by atoms with Gasteiger partial charge in [0.25, 0.3) is 0 Å². The Bertz CT molecular complexity index is 1520. The smallest absolute Gasteiger partial charge is 0.145 e. The molecular weight excluding hydrogens is 518 g/mol. The van der Waals surface area contributed by atoms with E-state index in [2.05, 4.69) is 22.8 Å². The van der Waals surface area contributed by atoms with E-state index in [0.29, 0.717) is 36.0 Å². The zero-order valence-electron chi connectivity index (χ0n) is 21.6. The van der Waals surface area contributed by atoms with Crippen molar-refractivity contribution in [3.8, 4) is 6.07 Å². The molecule has 8 heteroatoms. The van der Waals surface area contributed by atoms with Gasteiger partial charge in [0.15, 0.2) is 0 Å². The Balaban J connectivity index is 1.13. The lowest BCUT2D eigenvalue weighted by Crippen LogP contribution is -2.58. The van der Waals surface area contributed by atoms with Crippen LogP contribution in [0, 0.1) is 16.7 Å². The van der Waals surface area contributed by atoms with Crippen LogP contribution >= 0.6 is 22.9 Å². The third kappa shape index (κ3) is 4.34. The first-order valence-corrected chi connectivity index (χ1v) is 14.3. The monoisotopic (exact) mass is 547 g/mol. The highest BCUT2D eigenvalue weighted by Gasteiger charge is 2.61. The van der Waals surface area contributed by atoms with Crippen LogP contribution in [0.4, 0.5) is 0 Å². The maximum atomic E-state index is 11.3. The molecule has 0 radical (unpaired) electrons. The summed E-state index contributed by atoms with van der Waals surface area (Å²) in [6.45, 7) is 8.23. The number of nitrogens with zero attached hydrogens (tertiary/aromatic N) is 3. The summed E-state index contributed by atoms with van der Waals surface area (Å²) < 4.78 is 13.2. The van der Waals surface area contributed by atoms with E-state index in [0.717, 1.165) is 69.1 Å². The summed E-state index contributed by atoms with van der Waals surface area (Å²) in [5.74, 6) is 1.31. The number of rotatable bonds is 8. The van der Waals surface area contributed by atoms with Gasteiger partial charge in [-0.05, 0) is 81.6 Å². The Morgan fingerprint density at radius 1 is 1.37 bits per heavy atom. The molecule has 1 N–H and O–H groups in total. The van der Waals surface area contributed by atoms with Crippen LogP contribution in [0.1, 0.15) is 85.9 Å². The van der Waals surface area contributed by atoms with Crippen LogP contribution in [0.15, 0.2) is 52.1 Å². The zero-order valence-corrected chi connectivity index (χ0v) is 23.2. The number of hydrogen-bond donors (Lipinski definition) is 1. The first-order chi connectivity index (χ1) is 18.3. The minimum Gasteiger partial charge on any atom is -0.383 e. The molecule has 0 atom stereocenters. The van der Waals surface area contributed by atoms with Crippen molar-refractivity contribution < 1.29 is 14.4 Å². The fourth-order valence-electron chi connectivity index (χ4n) is 6.11. The molecule has 196 valence electrons. The summed E-state index contributed by atoms with van der Waals surface area (Å²) in [7, 11) is 0. The molecule has 3 saturated carbocycles. The molecule has 1 aromatic carbocycles. The molecule has 2 aromatic heterocycles. The van der Waals surface area contributed by atoms with Crippen molar-refractivity contribution in [1.82, 2.24) is 10.1 Å². The van der Waals surface area contributed by atoms with E-state index in [4.69, 9.17) is 26.1 Å². The van der Waals surface area contributed by atoms with E-state index in [1.165, 1.54) is 11.3 Å². The average molecular weight is 548 g/mol. The second-order valence-corrected chi connectivity index (χ2v) is 12.5. The molecule has 1 spiro atoms. The molecule has 2 heterocycles. The lowest BCUT2D eigenvalue weighted by molar-refractivity contribution is -0.215. The molecular formula is C30H30ClN3O3S. The number of aromatic nitrogens is 2. The van der Waals surface area contributed by atoms with Crippen molar-refractivity contribution in [2.24, 2.45) is 5.41 Å². The van der Waals surface area contributed by atoms with Crippen LogP contribution in [0.2, 0.25) is 0 Å². The van der Waals surface area contributed by atoms with Gasteiger partial charge < -0.3 is 14.4 Å². The van der Waals surface area contributed by atoms with E-state index < -0.39 is 5.60 Å². The fourth-order valence-corrected chi connectivity index (χ4v) is 7.44. The number of ether oxygens (including phenoxy) is 1. The topological polar surface area (TPSA) is 92.2 Å². The molecule has 3 aliphatic carbocycles. The summed E-state index contributed by atoms with van der Waals surface area (Å²) in [4.78, 5) is 4.68. The third-order valence-electron chi connectivity index (χ3n) is 8.23. The molecule has 3 fully saturated rings. The Kier molecular flexibility index (Phi) is 6.35. The van der Waals surface area contributed by atoms with Crippen LogP contribution in [-0.4, -0.2) is 21.4 Å². The Morgan fingerprint density at radius 3 is 2.79 bits per heavy atom. The predicted octanol–water partition coefficient (Wildman–Crippen LogP) is 7.48. The molecule has 3 aromatic rings. The molecule has 6 nitrogen and oxygen atoms in total. The number of aliphatic hydroxyl groups is 1. The minimum absolute atomic E-state index is 0.102. The lowest BCUT2D eigenvalue weighted by Gasteiger charge is -2.60. The van der Waals surface area contributed by atoms with Gasteiger partial charge in [-0.25, -0.2) is 4.98 Å².